The van der Waals surface area contributed by atoms with E-state index in [9.17, 15) is 14.4 Å². The van der Waals surface area contributed by atoms with Crippen LogP contribution in [0.15, 0.2) is 18.2 Å². The molecular formula is C23H30N4O3. The van der Waals surface area contributed by atoms with Crippen molar-refractivity contribution in [2.45, 2.75) is 51.2 Å². The Labute approximate surface area is 177 Å². The Morgan fingerprint density at radius 2 is 1.83 bits per heavy atom. The number of hydrogen-bond acceptors (Lipinski definition) is 5. The van der Waals surface area contributed by atoms with E-state index in [1.54, 1.807) is 4.90 Å². The van der Waals surface area contributed by atoms with Crippen molar-refractivity contribution in [2.75, 3.05) is 26.2 Å². The first-order valence-electron chi connectivity index (χ1n) is 11.3. The zero-order chi connectivity index (χ0) is 20.7. The normalized spacial score (nSPS) is 28.1. The lowest BCUT2D eigenvalue weighted by atomic mass is 9.84. The average Bonchev–Trinajstić information content (AvgIpc) is 3.33. The van der Waals surface area contributed by atoms with Crippen molar-refractivity contribution in [3.05, 3.63) is 34.9 Å². The van der Waals surface area contributed by atoms with E-state index >= 15 is 0 Å². The summed E-state index contributed by atoms with van der Waals surface area (Å²) in [4.78, 5) is 40.6. The molecule has 1 aromatic rings. The Morgan fingerprint density at radius 1 is 1.00 bits per heavy atom. The molecule has 4 aliphatic rings. The number of piperidine rings is 2. The average molecular weight is 411 g/mol. The molecule has 3 saturated heterocycles. The molecule has 3 fully saturated rings. The second-order valence-electron chi connectivity index (χ2n) is 9.26. The molecule has 0 aliphatic carbocycles. The van der Waals surface area contributed by atoms with Crippen LogP contribution in [-0.2, 0) is 22.7 Å². The summed E-state index contributed by atoms with van der Waals surface area (Å²) < 4.78 is 0. The van der Waals surface area contributed by atoms with Crippen LogP contribution in [0.4, 0.5) is 0 Å². The molecule has 7 nitrogen and oxygen atoms in total. The highest BCUT2D eigenvalue weighted by atomic mass is 16.2. The van der Waals surface area contributed by atoms with E-state index in [2.05, 4.69) is 27.7 Å². The highest BCUT2D eigenvalue weighted by Crippen LogP contribution is 2.32. The first-order chi connectivity index (χ1) is 14.6. The van der Waals surface area contributed by atoms with Crippen LogP contribution in [0.3, 0.4) is 0 Å². The molecule has 0 aromatic heterocycles. The van der Waals surface area contributed by atoms with Gasteiger partial charge in [0.05, 0.1) is 0 Å². The fourth-order valence-electron chi connectivity index (χ4n) is 5.69. The molecule has 5 rings (SSSR count). The number of carbonyl (C=O) groups excluding carboxylic acids is 3. The number of nitrogens with one attached hydrogen (secondary N) is 2. The minimum atomic E-state index is -0.546. The highest BCUT2D eigenvalue weighted by Gasteiger charge is 2.39. The Kier molecular flexibility index (Phi) is 5.33. The molecule has 3 amide bonds. The minimum Gasteiger partial charge on any atom is -0.322 e. The molecule has 160 valence electrons. The first-order valence-corrected chi connectivity index (χ1v) is 11.3. The minimum absolute atomic E-state index is 0.0989. The molecule has 4 aliphatic heterocycles. The summed E-state index contributed by atoms with van der Waals surface area (Å²) in [6.07, 6.45) is 4.58. The number of imide groups is 1. The lowest BCUT2D eigenvalue weighted by Gasteiger charge is -2.29. The van der Waals surface area contributed by atoms with Crippen LogP contribution >= 0.6 is 0 Å². The second kappa shape index (κ2) is 8.12. The Bertz CT molecular complexity index is 864. The van der Waals surface area contributed by atoms with E-state index in [1.165, 1.54) is 31.4 Å². The summed E-state index contributed by atoms with van der Waals surface area (Å²) in [6.45, 7) is 6.00. The van der Waals surface area contributed by atoms with Crippen molar-refractivity contribution in [2.24, 2.45) is 11.8 Å². The van der Waals surface area contributed by atoms with E-state index in [0.29, 0.717) is 18.5 Å². The topological polar surface area (TPSA) is 81.8 Å². The Hall–Kier alpha value is -2.25. The van der Waals surface area contributed by atoms with Gasteiger partial charge in [0.2, 0.25) is 11.8 Å². The largest absolute Gasteiger partial charge is 0.322 e. The third-order valence-electron chi connectivity index (χ3n) is 7.35. The molecule has 2 N–H and O–H groups in total. The van der Waals surface area contributed by atoms with Crippen LogP contribution in [0.5, 0.6) is 0 Å². The van der Waals surface area contributed by atoms with Gasteiger partial charge < -0.3 is 10.2 Å². The molecule has 0 bridgehead atoms. The van der Waals surface area contributed by atoms with Crippen molar-refractivity contribution in [3.8, 4) is 0 Å². The molecule has 30 heavy (non-hydrogen) atoms. The second-order valence-corrected chi connectivity index (χ2v) is 9.26. The Morgan fingerprint density at radius 3 is 2.63 bits per heavy atom. The summed E-state index contributed by atoms with van der Waals surface area (Å²) >= 11 is 0. The van der Waals surface area contributed by atoms with Crippen molar-refractivity contribution >= 4 is 17.7 Å². The molecule has 0 saturated carbocycles. The fraction of sp³-hybridized carbons (Fsp3) is 0.609. The van der Waals surface area contributed by atoms with Crippen LogP contribution in [0.2, 0.25) is 0 Å². The van der Waals surface area contributed by atoms with E-state index < -0.39 is 6.04 Å². The van der Waals surface area contributed by atoms with Crippen molar-refractivity contribution in [3.63, 3.8) is 0 Å². The number of likely N-dealkylation sites (tertiary alicyclic amines) is 1. The molecule has 0 spiro atoms. The number of hydrogen-bond donors (Lipinski definition) is 2. The van der Waals surface area contributed by atoms with E-state index in [0.717, 1.165) is 43.6 Å². The first kappa shape index (κ1) is 19.7. The highest BCUT2D eigenvalue weighted by molar-refractivity contribution is 6.05. The van der Waals surface area contributed by atoms with Gasteiger partial charge in [0.15, 0.2) is 0 Å². The predicted octanol–water partition coefficient (Wildman–Crippen LogP) is 1.27. The van der Waals surface area contributed by atoms with Gasteiger partial charge in [-0.2, -0.15) is 0 Å². The summed E-state index contributed by atoms with van der Waals surface area (Å²) in [7, 11) is 0. The third-order valence-corrected chi connectivity index (χ3v) is 7.35. The smallest absolute Gasteiger partial charge is 0.255 e. The molecule has 4 heterocycles. The lowest BCUT2D eigenvalue weighted by Crippen LogP contribution is -2.52. The SMILES string of the molecule is O=C1CCC(N2Cc3cc(CN4CCC(C5CCNCC5)C4)ccc3C2=O)C(=O)N1. The van der Waals surface area contributed by atoms with Gasteiger partial charge in [0.25, 0.3) is 5.91 Å². The zero-order valence-corrected chi connectivity index (χ0v) is 17.4. The monoisotopic (exact) mass is 410 g/mol. The van der Waals surface area contributed by atoms with Gasteiger partial charge in [-0.15, -0.1) is 0 Å². The summed E-state index contributed by atoms with van der Waals surface area (Å²) in [5.41, 5.74) is 2.92. The molecule has 2 unspecified atom stereocenters. The van der Waals surface area contributed by atoms with Crippen molar-refractivity contribution in [1.29, 1.82) is 0 Å². The number of nitrogens with zero attached hydrogens (tertiary/aromatic N) is 2. The van der Waals surface area contributed by atoms with Crippen LogP contribution < -0.4 is 10.6 Å². The number of amides is 3. The number of rotatable bonds is 4. The van der Waals surface area contributed by atoms with Crippen LogP contribution in [0, 0.1) is 11.8 Å². The zero-order valence-electron chi connectivity index (χ0n) is 17.4. The molecular weight excluding hydrogens is 380 g/mol. The molecule has 7 heteroatoms. The van der Waals surface area contributed by atoms with E-state index in [-0.39, 0.29) is 24.1 Å². The van der Waals surface area contributed by atoms with Crippen LogP contribution in [-0.4, -0.2) is 59.7 Å². The van der Waals surface area contributed by atoms with Gasteiger partial charge in [0.1, 0.15) is 6.04 Å². The maximum absolute atomic E-state index is 12.8. The van der Waals surface area contributed by atoms with E-state index in [4.69, 9.17) is 0 Å². The van der Waals surface area contributed by atoms with Crippen molar-refractivity contribution in [1.82, 2.24) is 20.4 Å². The third kappa shape index (κ3) is 3.76. The molecule has 0 radical (unpaired) electrons. The van der Waals surface area contributed by atoms with Gasteiger partial charge in [-0.25, -0.2) is 0 Å². The lowest BCUT2D eigenvalue weighted by molar-refractivity contribution is -0.136. The maximum atomic E-state index is 12.8. The van der Waals surface area contributed by atoms with E-state index in [1.807, 2.05) is 6.07 Å². The van der Waals surface area contributed by atoms with Gasteiger partial charge in [-0.3, -0.25) is 24.6 Å². The van der Waals surface area contributed by atoms with Gasteiger partial charge in [-0.1, -0.05) is 12.1 Å². The fourth-order valence-corrected chi connectivity index (χ4v) is 5.69. The maximum Gasteiger partial charge on any atom is 0.255 e. The molecule has 2 atom stereocenters. The van der Waals surface area contributed by atoms with Crippen LogP contribution in [0.25, 0.3) is 0 Å². The quantitative estimate of drug-likeness (QED) is 0.731. The Balaban J connectivity index is 1.23. The van der Waals surface area contributed by atoms with Gasteiger partial charge in [0, 0.05) is 31.6 Å². The predicted molar refractivity (Wildman–Crippen MR) is 111 cm³/mol. The number of carbonyl (C=O) groups is 3. The van der Waals surface area contributed by atoms with Gasteiger partial charge >= 0.3 is 0 Å². The van der Waals surface area contributed by atoms with Crippen molar-refractivity contribution < 1.29 is 14.4 Å². The molecule has 1 aromatic carbocycles. The summed E-state index contributed by atoms with van der Waals surface area (Å²) in [5, 5.41) is 5.82. The summed E-state index contributed by atoms with van der Waals surface area (Å²) in [5.74, 6) is 0.963. The number of fused-ring (bicyclic) bond motifs is 1. The van der Waals surface area contributed by atoms with Gasteiger partial charge in [-0.05, 0) is 74.3 Å². The summed E-state index contributed by atoms with van der Waals surface area (Å²) in [6, 6.07) is 5.56. The standard InChI is InChI=1S/C23H30N4O3/c28-21-4-3-20(22(29)25-21)27-14-18-11-15(1-2-19(18)23(27)30)12-26-10-7-17(13-26)16-5-8-24-9-6-16/h1-2,11,16-17,20,24H,3-10,12-14H2,(H,25,28,29). The number of benzene rings is 1. The van der Waals surface area contributed by atoms with Crippen LogP contribution in [0.1, 0.15) is 53.6 Å².